The molecule has 0 unspecified atom stereocenters. The minimum atomic E-state index is -0.356. The maximum atomic E-state index is 13.2. The van der Waals surface area contributed by atoms with Gasteiger partial charge in [-0.1, -0.05) is 29.8 Å². The Morgan fingerprint density at radius 3 is 2.72 bits per heavy atom. The van der Waals surface area contributed by atoms with E-state index in [1.54, 1.807) is 13.2 Å². The third-order valence-electron chi connectivity index (χ3n) is 2.54. The number of methoxy groups -OCH3 is 1. The van der Waals surface area contributed by atoms with Crippen LogP contribution in [0, 0.1) is 5.82 Å². The van der Waals surface area contributed by atoms with Crippen molar-refractivity contribution in [3.05, 3.63) is 58.9 Å². The van der Waals surface area contributed by atoms with E-state index in [2.05, 4.69) is 5.32 Å². The predicted molar refractivity (Wildman–Crippen MR) is 71.7 cm³/mol. The third kappa shape index (κ3) is 3.14. The summed E-state index contributed by atoms with van der Waals surface area (Å²) in [6.07, 6.45) is 0. The van der Waals surface area contributed by atoms with E-state index in [-0.39, 0.29) is 5.82 Å². The molecular formula is C14H13ClFNO. The highest BCUT2D eigenvalue weighted by molar-refractivity contribution is 6.30. The molecule has 0 saturated carbocycles. The van der Waals surface area contributed by atoms with Gasteiger partial charge < -0.3 is 10.1 Å². The average molecular weight is 266 g/mol. The molecule has 0 aromatic heterocycles. The molecule has 2 rings (SSSR count). The summed E-state index contributed by atoms with van der Waals surface area (Å²) in [6.45, 7) is 0.545. The number of benzene rings is 2. The van der Waals surface area contributed by atoms with Gasteiger partial charge in [-0.3, -0.25) is 0 Å². The summed E-state index contributed by atoms with van der Waals surface area (Å²) >= 11 is 5.79. The Bertz CT molecular complexity index is 525. The summed E-state index contributed by atoms with van der Waals surface area (Å²) in [5, 5.41) is 3.49. The lowest BCUT2D eigenvalue weighted by Crippen LogP contribution is -2.01. The average Bonchev–Trinajstić information content (AvgIpc) is 2.35. The van der Waals surface area contributed by atoms with Crippen LogP contribution in [0.4, 0.5) is 10.1 Å². The molecular weight excluding hydrogens is 253 g/mol. The molecule has 2 aromatic carbocycles. The van der Waals surface area contributed by atoms with Crippen LogP contribution in [-0.2, 0) is 6.54 Å². The molecule has 18 heavy (non-hydrogen) atoms. The van der Waals surface area contributed by atoms with Crippen LogP contribution < -0.4 is 10.1 Å². The van der Waals surface area contributed by atoms with Crippen LogP contribution in [0.15, 0.2) is 42.5 Å². The van der Waals surface area contributed by atoms with Crippen molar-refractivity contribution in [2.45, 2.75) is 6.54 Å². The highest BCUT2D eigenvalue weighted by atomic mass is 35.5. The number of halogens is 2. The number of rotatable bonds is 4. The molecule has 0 aliphatic carbocycles. The zero-order chi connectivity index (χ0) is 13.0. The molecule has 0 heterocycles. The van der Waals surface area contributed by atoms with Gasteiger partial charge in [0.2, 0.25) is 0 Å². The molecule has 0 atom stereocenters. The first-order valence-corrected chi connectivity index (χ1v) is 5.88. The van der Waals surface area contributed by atoms with E-state index in [0.29, 0.717) is 17.3 Å². The van der Waals surface area contributed by atoms with Gasteiger partial charge in [-0.15, -0.1) is 0 Å². The fraction of sp³-hybridized carbons (Fsp3) is 0.143. The van der Waals surface area contributed by atoms with Crippen molar-refractivity contribution in [3.8, 4) is 5.75 Å². The summed E-state index contributed by atoms with van der Waals surface area (Å²) < 4.78 is 18.4. The van der Waals surface area contributed by atoms with Gasteiger partial charge in [0.05, 0.1) is 7.11 Å². The summed E-state index contributed by atoms with van der Waals surface area (Å²) in [6, 6.07) is 12.0. The first-order valence-electron chi connectivity index (χ1n) is 5.51. The SMILES string of the molecule is COc1ccccc1CNc1cc(F)cc(Cl)c1. The highest BCUT2D eigenvalue weighted by Crippen LogP contribution is 2.21. The summed E-state index contributed by atoms with van der Waals surface area (Å²) in [5.41, 5.74) is 1.64. The van der Waals surface area contributed by atoms with Gasteiger partial charge >= 0.3 is 0 Å². The van der Waals surface area contributed by atoms with Gasteiger partial charge in [-0.2, -0.15) is 0 Å². The Morgan fingerprint density at radius 1 is 1.22 bits per heavy atom. The first kappa shape index (κ1) is 12.7. The summed E-state index contributed by atoms with van der Waals surface area (Å²) in [7, 11) is 1.62. The van der Waals surface area contributed by atoms with Crippen molar-refractivity contribution in [1.29, 1.82) is 0 Å². The predicted octanol–water partition coefficient (Wildman–Crippen LogP) is 4.10. The van der Waals surface area contributed by atoms with E-state index in [1.807, 2.05) is 24.3 Å². The van der Waals surface area contributed by atoms with Gasteiger partial charge in [-0.25, -0.2) is 4.39 Å². The van der Waals surface area contributed by atoms with Crippen molar-refractivity contribution in [3.63, 3.8) is 0 Å². The van der Waals surface area contributed by atoms with Crippen LogP contribution in [0.1, 0.15) is 5.56 Å². The zero-order valence-electron chi connectivity index (χ0n) is 9.91. The summed E-state index contributed by atoms with van der Waals surface area (Å²) in [4.78, 5) is 0. The highest BCUT2D eigenvalue weighted by Gasteiger charge is 2.03. The Kier molecular flexibility index (Phi) is 4.05. The second-order valence-electron chi connectivity index (χ2n) is 3.82. The standard InChI is InChI=1S/C14H13ClFNO/c1-18-14-5-3-2-4-10(14)9-17-13-7-11(15)6-12(16)8-13/h2-8,17H,9H2,1H3. The quantitative estimate of drug-likeness (QED) is 0.899. The van der Waals surface area contributed by atoms with Gasteiger partial charge in [-0.05, 0) is 24.3 Å². The van der Waals surface area contributed by atoms with Crippen LogP contribution in [0.25, 0.3) is 0 Å². The van der Waals surface area contributed by atoms with Crippen LogP contribution in [0.3, 0.4) is 0 Å². The Morgan fingerprint density at radius 2 is 2.00 bits per heavy atom. The number of para-hydroxylation sites is 1. The maximum Gasteiger partial charge on any atom is 0.126 e. The van der Waals surface area contributed by atoms with Crippen LogP contribution >= 0.6 is 11.6 Å². The van der Waals surface area contributed by atoms with E-state index in [1.165, 1.54) is 12.1 Å². The molecule has 94 valence electrons. The molecule has 0 spiro atoms. The van der Waals surface area contributed by atoms with Crippen LogP contribution in [0.2, 0.25) is 5.02 Å². The zero-order valence-corrected chi connectivity index (χ0v) is 10.7. The van der Waals surface area contributed by atoms with E-state index in [9.17, 15) is 4.39 Å². The minimum absolute atomic E-state index is 0.356. The molecule has 4 heteroatoms. The molecule has 0 aliphatic heterocycles. The van der Waals surface area contributed by atoms with Crippen molar-refractivity contribution >= 4 is 17.3 Å². The smallest absolute Gasteiger partial charge is 0.126 e. The largest absolute Gasteiger partial charge is 0.496 e. The third-order valence-corrected chi connectivity index (χ3v) is 2.76. The van der Waals surface area contributed by atoms with Gasteiger partial charge in [0, 0.05) is 22.8 Å². The number of ether oxygens (including phenoxy) is 1. The lowest BCUT2D eigenvalue weighted by molar-refractivity contribution is 0.410. The van der Waals surface area contributed by atoms with Gasteiger partial charge in [0.1, 0.15) is 11.6 Å². The first-order chi connectivity index (χ1) is 8.69. The molecule has 0 fully saturated rings. The van der Waals surface area contributed by atoms with E-state index < -0.39 is 0 Å². The normalized spacial score (nSPS) is 10.2. The number of hydrogen-bond donors (Lipinski definition) is 1. The number of nitrogens with one attached hydrogen (secondary N) is 1. The lowest BCUT2D eigenvalue weighted by Gasteiger charge is -2.10. The minimum Gasteiger partial charge on any atom is -0.496 e. The Labute approximate surface area is 110 Å². The Balaban J connectivity index is 2.11. The van der Waals surface area contributed by atoms with E-state index >= 15 is 0 Å². The number of hydrogen-bond acceptors (Lipinski definition) is 2. The van der Waals surface area contributed by atoms with E-state index in [0.717, 1.165) is 11.3 Å². The molecule has 0 saturated heterocycles. The van der Waals surface area contributed by atoms with Crippen LogP contribution in [0.5, 0.6) is 5.75 Å². The Hall–Kier alpha value is -1.74. The van der Waals surface area contributed by atoms with Crippen LogP contribution in [-0.4, -0.2) is 7.11 Å². The van der Waals surface area contributed by atoms with Crippen molar-refractivity contribution < 1.29 is 9.13 Å². The van der Waals surface area contributed by atoms with Crippen molar-refractivity contribution in [2.24, 2.45) is 0 Å². The molecule has 0 amide bonds. The van der Waals surface area contributed by atoms with Crippen molar-refractivity contribution in [1.82, 2.24) is 0 Å². The second-order valence-corrected chi connectivity index (χ2v) is 4.26. The van der Waals surface area contributed by atoms with Gasteiger partial charge in [0.25, 0.3) is 0 Å². The molecule has 1 N–H and O–H groups in total. The molecule has 0 bridgehead atoms. The number of anilines is 1. The maximum absolute atomic E-state index is 13.2. The fourth-order valence-electron chi connectivity index (χ4n) is 1.70. The fourth-order valence-corrected chi connectivity index (χ4v) is 1.92. The van der Waals surface area contributed by atoms with Gasteiger partial charge in [0.15, 0.2) is 0 Å². The lowest BCUT2D eigenvalue weighted by atomic mass is 10.2. The molecule has 0 radical (unpaired) electrons. The molecule has 2 aromatic rings. The summed E-state index contributed by atoms with van der Waals surface area (Å²) in [5.74, 6) is 0.442. The monoisotopic (exact) mass is 265 g/mol. The molecule has 0 aliphatic rings. The molecule has 2 nitrogen and oxygen atoms in total. The second kappa shape index (κ2) is 5.74. The van der Waals surface area contributed by atoms with E-state index in [4.69, 9.17) is 16.3 Å². The van der Waals surface area contributed by atoms with Crippen molar-refractivity contribution in [2.75, 3.05) is 12.4 Å². The topological polar surface area (TPSA) is 21.3 Å².